The van der Waals surface area contributed by atoms with Gasteiger partial charge in [0.15, 0.2) is 11.6 Å². The number of methoxy groups -OCH3 is 1. The summed E-state index contributed by atoms with van der Waals surface area (Å²) in [5.74, 6) is 0.619. The van der Waals surface area contributed by atoms with E-state index in [9.17, 15) is 4.39 Å². The Bertz CT molecular complexity index is 646. The zero-order valence-electron chi connectivity index (χ0n) is 11.6. The fraction of sp³-hybridized carbons (Fsp3) is 0.533. The summed E-state index contributed by atoms with van der Waals surface area (Å²) in [5.41, 5.74) is 0.586. The highest BCUT2D eigenvalue weighted by Gasteiger charge is 2.36. The van der Waals surface area contributed by atoms with Crippen LogP contribution < -0.4 is 4.74 Å². The minimum Gasteiger partial charge on any atom is -0.494 e. The van der Waals surface area contributed by atoms with E-state index in [4.69, 9.17) is 4.74 Å². The van der Waals surface area contributed by atoms with Crippen molar-refractivity contribution in [1.29, 1.82) is 0 Å². The molecule has 20 heavy (non-hydrogen) atoms. The molecule has 1 aromatic heterocycles. The topological polar surface area (TPSA) is 30.3 Å². The zero-order chi connectivity index (χ0) is 13.7. The van der Waals surface area contributed by atoms with Crippen LogP contribution in [-0.4, -0.2) is 41.4 Å². The highest BCUT2D eigenvalue weighted by atomic mass is 19.1. The van der Waals surface area contributed by atoms with Crippen molar-refractivity contribution in [3.05, 3.63) is 24.1 Å². The van der Waals surface area contributed by atoms with E-state index >= 15 is 0 Å². The van der Waals surface area contributed by atoms with Gasteiger partial charge in [-0.15, -0.1) is 0 Å². The number of piperidine rings is 3. The third-order valence-corrected chi connectivity index (χ3v) is 4.82. The number of hydrogen-bond acceptors (Lipinski definition) is 3. The standard InChI is InChI=1S/C15H18FN3O/c1-20-13-3-2-11-8-17-19(15(11)14(13)16)12-9-18-6-4-10(12)5-7-18/h2-3,8,10,12H,4-7,9H2,1H3/t12-/m1/s1. The van der Waals surface area contributed by atoms with Crippen molar-refractivity contribution in [3.63, 3.8) is 0 Å². The first-order chi connectivity index (χ1) is 9.78. The van der Waals surface area contributed by atoms with E-state index < -0.39 is 0 Å². The fourth-order valence-electron chi connectivity index (χ4n) is 3.70. The largest absolute Gasteiger partial charge is 0.494 e. The predicted octanol–water partition coefficient (Wildman–Crippen LogP) is 2.45. The quantitative estimate of drug-likeness (QED) is 0.843. The Hall–Kier alpha value is -1.62. The Balaban J connectivity index is 1.84. The maximum atomic E-state index is 14.6. The number of benzene rings is 1. The molecule has 2 bridgehead atoms. The summed E-state index contributed by atoms with van der Waals surface area (Å²) in [7, 11) is 1.50. The van der Waals surface area contributed by atoms with Crippen LogP contribution in [0.5, 0.6) is 5.75 Å². The van der Waals surface area contributed by atoms with Gasteiger partial charge in [-0.1, -0.05) is 0 Å². The second kappa shape index (κ2) is 4.45. The predicted molar refractivity (Wildman–Crippen MR) is 74.4 cm³/mol. The van der Waals surface area contributed by atoms with Crippen molar-refractivity contribution in [2.75, 3.05) is 26.7 Å². The van der Waals surface area contributed by atoms with E-state index in [-0.39, 0.29) is 11.9 Å². The van der Waals surface area contributed by atoms with Crippen LogP contribution in [-0.2, 0) is 0 Å². The Labute approximate surface area is 117 Å². The first-order valence-electron chi connectivity index (χ1n) is 7.20. The van der Waals surface area contributed by atoms with E-state index in [2.05, 4.69) is 10.00 Å². The molecule has 3 aliphatic heterocycles. The lowest BCUT2D eigenvalue weighted by Gasteiger charge is -2.44. The molecule has 106 valence electrons. The highest BCUT2D eigenvalue weighted by Crippen LogP contribution is 2.38. The minimum absolute atomic E-state index is 0.289. The minimum atomic E-state index is -0.293. The van der Waals surface area contributed by atoms with Gasteiger partial charge in [-0.2, -0.15) is 5.10 Å². The van der Waals surface area contributed by atoms with E-state index in [1.807, 2.05) is 10.7 Å². The Morgan fingerprint density at radius 2 is 2.10 bits per heavy atom. The second-order valence-electron chi connectivity index (χ2n) is 5.81. The van der Waals surface area contributed by atoms with Crippen LogP contribution in [0.3, 0.4) is 0 Å². The van der Waals surface area contributed by atoms with Gasteiger partial charge in [0, 0.05) is 11.9 Å². The lowest BCUT2D eigenvalue weighted by atomic mass is 9.84. The number of rotatable bonds is 2. The highest BCUT2D eigenvalue weighted by molar-refractivity contribution is 5.81. The Morgan fingerprint density at radius 3 is 2.75 bits per heavy atom. The maximum absolute atomic E-state index is 14.6. The summed E-state index contributed by atoms with van der Waals surface area (Å²) in [5, 5.41) is 5.32. The Morgan fingerprint density at radius 1 is 1.30 bits per heavy atom. The third kappa shape index (κ3) is 1.66. The molecule has 4 heterocycles. The van der Waals surface area contributed by atoms with Gasteiger partial charge in [0.05, 0.1) is 19.3 Å². The molecule has 0 aliphatic carbocycles. The molecular weight excluding hydrogens is 257 g/mol. The average Bonchev–Trinajstić information content (AvgIpc) is 2.93. The lowest BCUT2D eigenvalue weighted by molar-refractivity contribution is 0.0531. The van der Waals surface area contributed by atoms with Gasteiger partial charge in [0.25, 0.3) is 0 Å². The molecule has 5 rings (SSSR count). The molecule has 2 aromatic rings. The smallest absolute Gasteiger partial charge is 0.190 e. The molecule has 0 spiro atoms. The van der Waals surface area contributed by atoms with Crippen molar-refractivity contribution >= 4 is 10.9 Å². The SMILES string of the molecule is COc1ccc2cnn([C@@H]3CN4CCC3CC4)c2c1F. The van der Waals surface area contributed by atoms with Crippen LogP contribution in [0, 0.1) is 11.7 Å². The number of ether oxygens (including phenoxy) is 1. The number of hydrogen-bond donors (Lipinski definition) is 0. The molecule has 0 amide bonds. The van der Waals surface area contributed by atoms with E-state index in [0.29, 0.717) is 17.2 Å². The first-order valence-corrected chi connectivity index (χ1v) is 7.20. The maximum Gasteiger partial charge on any atom is 0.190 e. The molecule has 1 atom stereocenters. The van der Waals surface area contributed by atoms with Crippen LogP contribution in [0.25, 0.3) is 10.9 Å². The van der Waals surface area contributed by atoms with Gasteiger partial charge in [-0.25, -0.2) is 4.39 Å². The molecule has 3 saturated heterocycles. The van der Waals surface area contributed by atoms with Crippen LogP contribution >= 0.6 is 0 Å². The monoisotopic (exact) mass is 275 g/mol. The van der Waals surface area contributed by atoms with Crippen molar-refractivity contribution < 1.29 is 9.13 Å². The molecule has 0 N–H and O–H groups in total. The van der Waals surface area contributed by atoms with E-state index in [0.717, 1.165) is 11.9 Å². The molecule has 1 aromatic carbocycles. The second-order valence-corrected chi connectivity index (χ2v) is 5.81. The fourth-order valence-corrected chi connectivity index (χ4v) is 3.70. The summed E-state index contributed by atoms with van der Waals surface area (Å²) >= 11 is 0. The molecular formula is C15H18FN3O. The van der Waals surface area contributed by atoms with Crippen molar-refractivity contribution in [3.8, 4) is 5.75 Å². The normalized spacial score (nSPS) is 29.0. The summed E-state index contributed by atoms with van der Waals surface area (Å²) in [6, 6.07) is 3.83. The van der Waals surface area contributed by atoms with E-state index in [1.54, 1.807) is 12.3 Å². The molecule has 4 nitrogen and oxygen atoms in total. The van der Waals surface area contributed by atoms with Crippen molar-refractivity contribution in [2.45, 2.75) is 18.9 Å². The number of nitrogens with zero attached hydrogens (tertiary/aromatic N) is 3. The molecule has 3 fully saturated rings. The van der Waals surface area contributed by atoms with Crippen LogP contribution in [0.15, 0.2) is 18.3 Å². The van der Waals surface area contributed by atoms with E-state index in [1.165, 1.54) is 33.0 Å². The molecule has 0 radical (unpaired) electrons. The number of halogens is 1. The van der Waals surface area contributed by atoms with Crippen molar-refractivity contribution in [1.82, 2.24) is 14.7 Å². The van der Waals surface area contributed by atoms with Crippen molar-refractivity contribution in [2.24, 2.45) is 5.92 Å². The molecule has 5 heteroatoms. The lowest BCUT2D eigenvalue weighted by Crippen LogP contribution is -2.48. The van der Waals surface area contributed by atoms with Gasteiger partial charge in [-0.05, 0) is 44.0 Å². The van der Waals surface area contributed by atoms with Gasteiger partial charge in [0.2, 0.25) is 0 Å². The third-order valence-electron chi connectivity index (χ3n) is 4.82. The summed E-state index contributed by atoms with van der Waals surface area (Å²) in [6.07, 6.45) is 4.14. The molecule has 0 unspecified atom stereocenters. The number of aromatic nitrogens is 2. The summed E-state index contributed by atoms with van der Waals surface area (Å²) in [6.45, 7) is 3.33. The van der Waals surface area contributed by atoms with Crippen LogP contribution in [0.1, 0.15) is 18.9 Å². The van der Waals surface area contributed by atoms with Gasteiger partial charge in [-0.3, -0.25) is 4.68 Å². The zero-order valence-corrected chi connectivity index (χ0v) is 11.6. The van der Waals surface area contributed by atoms with Crippen LogP contribution in [0.2, 0.25) is 0 Å². The molecule has 0 saturated carbocycles. The van der Waals surface area contributed by atoms with Crippen LogP contribution in [0.4, 0.5) is 4.39 Å². The average molecular weight is 275 g/mol. The summed E-state index contributed by atoms with van der Waals surface area (Å²) in [4.78, 5) is 2.45. The van der Waals surface area contributed by atoms with Gasteiger partial charge < -0.3 is 9.64 Å². The van der Waals surface area contributed by atoms with Gasteiger partial charge >= 0.3 is 0 Å². The van der Waals surface area contributed by atoms with Gasteiger partial charge in [0.1, 0.15) is 5.52 Å². The summed E-state index contributed by atoms with van der Waals surface area (Å²) < 4.78 is 21.6. The Kier molecular flexibility index (Phi) is 2.70. The first kappa shape index (κ1) is 12.1. The molecule has 3 aliphatic rings. The number of fused-ring (bicyclic) bond motifs is 4.